The lowest BCUT2D eigenvalue weighted by Crippen LogP contribution is -2.43. The number of carbonyl (C=O) groups is 1. The maximum atomic E-state index is 12.7. The maximum absolute atomic E-state index is 12.7. The van der Waals surface area contributed by atoms with Crippen LogP contribution in [0.3, 0.4) is 0 Å². The summed E-state index contributed by atoms with van der Waals surface area (Å²) >= 11 is 19.0. The van der Waals surface area contributed by atoms with Crippen LogP contribution in [-0.2, 0) is 9.53 Å². The van der Waals surface area contributed by atoms with Gasteiger partial charge < -0.3 is 4.74 Å². The maximum Gasteiger partial charge on any atom is 0.316 e. The van der Waals surface area contributed by atoms with Crippen molar-refractivity contribution in [2.24, 2.45) is 23.2 Å². The molecule has 5 heteroatoms. The molecule has 148 valence electrons. The molecule has 1 aromatic rings. The summed E-state index contributed by atoms with van der Waals surface area (Å²) in [6, 6.07) is 5.67. The Hall–Kier alpha value is -1.22. The summed E-state index contributed by atoms with van der Waals surface area (Å²) in [7, 11) is 0. The van der Waals surface area contributed by atoms with E-state index in [9.17, 15) is 4.79 Å². The fraction of sp³-hybridized carbons (Fsp3) is 0.435. The van der Waals surface area contributed by atoms with Crippen molar-refractivity contribution in [1.29, 1.82) is 0 Å². The highest BCUT2D eigenvalue weighted by Crippen LogP contribution is 2.57. The Balaban J connectivity index is 1.83. The molecule has 0 N–H and O–H groups in total. The first-order valence-electron chi connectivity index (χ1n) is 9.70. The molecule has 4 rings (SSSR count). The van der Waals surface area contributed by atoms with Gasteiger partial charge in [0.15, 0.2) is 0 Å². The normalized spacial score (nSPS) is 37.2. The highest BCUT2D eigenvalue weighted by atomic mass is 35.5. The minimum atomic E-state index is -0.614. The molecule has 6 atom stereocenters. The third-order valence-electron chi connectivity index (χ3n) is 6.57. The van der Waals surface area contributed by atoms with Gasteiger partial charge in [-0.25, -0.2) is 0 Å². The van der Waals surface area contributed by atoms with E-state index in [0.29, 0.717) is 10.0 Å². The molecule has 2 nitrogen and oxygen atoms in total. The fourth-order valence-corrected chi connectivity index (χ4v) is 5.99. The first kappa shape index (κ1) is 20.1. The second-order valence-electron chi connectivity index (χ2n) is 8.24. The Morgan fingerprint density at radius 3 is 2.71 bits per heavy atom. The molecule has 0 bridgehead atoms. The molecule has 1 saturated heterocycles. The number of hydrogen-bond acceptors (Lipinski definition) is 2. The third-order valence-corrected chi connectivity index (χ3v) is 7.41. The van der Waals surface area contributed by atoms with Crippen LogP contribution in [0.5, 0.6) is 0 Å². The monoisotopic (exact) mass is 436 g/mol. The predicted molar refractivity (Wildman–Crippen MR) is 115 cm³/mol. The Bertz CT molecular complexity index is 888. The van der Waals surface area contributed by atoms with Crippen LogP contribution in [0.15, 0.2) is 53.6 Å². The van der Waals surface area contributed by atoms with Gasteiger partial charge in [0.25, 0.3) is 0 Å². The number of hydrogen-bond donors (Lipinski definition) is 0. The fourth-order valence-electron chi connectivity index (χ4n) is 5.27. The third kappa shape index (κ3) is 3.34. The van der Waals surface area contributed by atoms with Gasteiger partial charge in [-0.15, -0.1) is 0 Å². The van der Waals surface area contributed by atoms with Gasteiger partial charge in [-0.05, 0) is 62.3 Å². The highest BCUT2D eigenvalue weighted by molar-refractivity contribution is 6.35. The zero-order chi connectivity index (χ0) is 20.1. The summed E-state index contributed by atoms with van der Waals surface area (Å²) in [5.41, 5.74) is 0.425. The average Bonchev–Trinajstić information content (AvgIpc) is 2.77. The second kappa shape index (κ2) is 7.55. The predicted octanol–water partition coefficient (Wildman–Crippen LogP) is 6.92. The smallest absolute Gasteiger partial charge is 0.316 e. The van der Waals surface area contributed by atoms with Crippen molar-refractivity contribution < 1.29 is 9.53 Å². The summed E-state index contributed by atoms with van der Waals surface area (Å²) < 4.78 is 5.71. The van der Waals surface area contributed by atoms with Crippen molar-refractivity contribution in [2.45, 2.75) is 38.7 Å². The molecule has 28 heavy (non-hydrogen) atoms. The van der Waals surface area contributed by atoms with Gasteiger partial charge in [0.1, 0.15) is 6.10 Å². The summed E-state index contributed by atoms with van der Waals surface area (Å²) in [6.45, 7) is 4.00. The lowest BCUT2D eigenvalue weighted by atomic mass is 9.57. The van der Waals surface area contributed by atoms with Crippen LogP contribution < -0.4 is 0 Å². The number of benzene rings is 1. The minimum Gasteiger partial charge on any atom is -0.462 e. The number of ether oxygens (including phenoxy) is 1. The molecule has 1 heterocycles. The summed E-state index contributed by atoms with van der Waals surface area (Å²) in [5.74, 6) is 0.429. The van der Waals surface area contributed by atoms with E-state index < -0.39 is 5.41 Å². The van der Waals surface area contributed by atoms with Gasteiger partial charge in [-0.2, -0.15) is 0 Å². The molecule has 1 aliphatic heterocycles. The Labute approximate surface area is 181 Å². The van der Waals surface area contributed by atoms with Crippen molar-refractivity contribution in [1.82, 2.24) is 0 Å². The van der Waals surface area contributed by atoms with E-state index in [1.165, 1.54) is 0 Å². The van der Waals surface area contributed by atoms with Crippen molar-refractivity contribution >= 4 is 40.8 Å². The number of esters is 1. The molecule has 0 saturated carbocycles. The van der Waals surface area contributed by atoms with E-state index in [-0.39, 0.29) is 35.7 Å². The van der Waals surface area contributed by atoms with Crippen molar-refractivity contribution in [3.63, 3.8) is 0 Å². The van der Waals surface area contributed by atoms with Crippen LogP contribution in [0.1, 0.15) is 38.2 Å². The number of rotatable bonds is 2. The van der Waals surface area contributed by atoms with E-state index in [4.69, 9.17) is 39.5 Å². The average molecular weight is 438 g/mol. The minimum absolute atomic E-state index is 0.0632. The highest BCUT2D eigenvalue weighted by Gasteiger charge is 2.58. The second-order valence-corrected chi connectivity index (χ2v) is 9.52. The molecule has 1 fully saturated rings. The van der Waals surface area contributed by atoms with E-state index in [2.05, 4.69) is 18.2 Å². The first-order chi connectivity index (χ1) is 13.3. The Morgan fingerprint density at radius 1 is 1.18 bits per heavy atom. The van der Waals surface area contributed by atoms with Crippen LogP contribution in [0.4, 0.5) is 0 Å². The van der Waals surface area contributed by atoms with Gasteiger partial charge in [0, 0.05) is 26.9 Å². The molecule has 2 aliphatic carbocycles. The van der Waals surface area contributed by atoms with E-state index >= 15 is 0 Å². The van der Waals surface area contributed by atoms with Crippen molar-refractivity contribution in [3.05, 3.63) is 69.2 Å². The van der Waals surface area contributed by atoms with E-state index in [0.717, 1.165) is 23.4 Å². The molecule has 0 spiro atoms. The molecular weight excluding hydrogens is 415 g/mol. The topological polar surface area (TPSA) is 26.3 Å². The number of cyclic esters (lactones) is 1. The molecular formula is C23H23Cl3O2. The lowest BCUT2D eigenvalue weighted by molar-refractivity contribution is -0.146. The quantitative estimate of drug-likeness (QED) is 0.371. The lowest BCUT2D eigenvalue weighted by Gasteiger charge is -2.44. The SMILES string of the molecule is CC1OC(=O)C2(C)C=CC(c3ccc(Cl)cc3Cl)C(C3C=CC(Cl)=CCC3)C12. The molecule has 0 amide bonds. The summed E-state index contributed by atoms with van der Waals surface area (Å²) in [4.78, 5) is 12.7. The largest absolute Gasteiger partial charge is 0.462 e. The number of fused-ring (bicyclic) bond motifs is 1. The zero-order valence-corrected chi connectivity index (χ0v) is 18.1. The molecule has 3 aliphatic rings. The van der Waals surface area contributed by atoms with Crippen LogP contribution in [0.2, 0.25) is 10.0 Å². The van der Waals surface area contributed by atoms with Crippen LogP contribution in [-0.4, -0.2) is 12.1 Å². The standard InChI is InChI=1S/C23H23Cl3O2/c1-13-21-20(14-4-3-5-15(24)7-6-14)18(10-11-23(21,2)22(27)28-13)17-9-8-16(25)12-19(17)26/h5-14,18,20-21H,3-4H2,1-2H3. The van der Waals surface area contributed by atoms with E-state index in [1.54, 1.807) is 6.07 Å². The summed E-state index contributed by atoms with van der Waals surface area (Å²) in [6.07, 6.45) is 12.1. The van der Waals surface area contributed by atoms with Gasteiger partial charge in [-0.3, -0.25) is 4.79 Å². The number of allylic oxidation sites excluding steroid dienone is 5. The van der Waals surface area contributed by atoms with Crippen molar-refractivity contribution in [3.8, 4) is 0 Å². The van der Waals surface area contributed by atoms with Gasteiger partial charge in [0.2, 0.25) is 0 Å². The van der Waals surface area contributed by atoms with Crippen LogP contribution >= 0.6 is 34.8 Å². The number of halogens is 3. The van der Waals surface area contributed by atoms with Crippen LogP contribution in [0, 0.1) is 23.2 Å². The van der Waals surface area contributed by atoms with E-state index in [1.807, 2.05) is 38.1 Å². The zero-order valence-electron chi connectivity index (χ0n) is 15.9. The molecule has 6 unspecified atom stereocenters. The Kier molecular flexibility index (Phi) is 5.41. The van der Waals surface area contributed by atoms with Crippen LogP contribution in [0.25, 0.3) is 0 Å². The molecule has 0 radical (unpaired) electrons. The van der Waals surface area contributed by atoms with Gasteiger partial charge >= 0.3 is 5.97 Å². The van der Waals surface area contributed by atoms with Crippen molar-refractivity contribution in [2.75, 3.05) is 0 Å². The first-order valence-corrected chi connectivity index (χ1v) is 10.8. The van der Waals surface area contributed by atoms with Gasteiger partial charge in [0.05, 0.1) is 5.41 Å². The number of carbonyl (C=O) groups excluding carboxylic acids is 1. The molecule has 1 aromatic carbocycles. The van der Waals surface area contributed by atoms with Gasteiger partial charge in [-0.1, -0.05) is 65.2 Å². The molecule has 0 aromatic heterocycles. The Morgan fingerprint density at radius 2 is 1.96 bits per heavy atom. The summed E-state index contributed by atoms with van der Waals surface area (Å²) in [5, 5.41) is 2.04.